The fourth-order valence-electron chi connectivity index (χ4n) is 5.28. The second-order valence-corrected chi connectivity index (χ2v) is 8.58. The molecule has 2 aliphatic heterocycles. The van der Waals surface area contributed by atoms with E-state index < -0.39 is 6.04 Å². The third-order valence-electron chi connectivity index (χ3n) is 6.73. The number of carbonyl (C=O) groups is 2. The number of fused-ring (bicyclic) bond motifs is 3. The lowest BCUT2D eigenvalue weighted by molar-refractivity contribution is -0.123. The van der Waals surface area contributed by atoms with Crippen LogP contribution in [0, 0.1) is 0 Å². The zero-order valence-electron chi connectivity index (χ0n) is 17.6. The van der Waals surface area contributed by atoms with Gasteiger partial charge in [-0.3, -0.25) is 14.5 Å². The minimum Gasteiger partial charge on any atom is -0.357 e. The van der Waals surface area contributed by atoms with Gasteiger partial charge in [0, 0.05) is 35.6 Å². The summed E-state index contributed by atoms with van der Waals surface area (Å²) in [5, 5.41) is 1.23. The first kappa shape index (κ1) is 19.0. The van der Waals surface area contributed by atoms with Gasteiger partial charge in [-0.1, -0.05) is 66.7 Å². The molecule has 32 heavy (non-hydrogen) atoms. The highest BCUT2D eigenvalue weighted by molar-refractivity contribution is 6.22. The minimum absolute atomic E-state index is 0.129. The first-order valence-electron chi connectivity index (χ1n) is 11.0. The maximum Gasteiger partial charge on any atom is 0.251 e. The van der Waals surface area contributed by atoms with Gasteiger partial charge in [-0.15, -0.1) is 0 Å². The molecule has 3 aromatic carbocycles. The van der Waals surface area contributed by atoms with Gasteiger partial charge < -0.3 is 4.98 Å². The molecule has 1 N–H and O–H groups in total. The number of benzene rings is 3. The van der Waals surface area contributed by atoms with Crippen LogP contribution in [0.2, 0.25) is 0 Å². The van der Waals surface area contributed by atoms with Gasteiger partial charge in [0.15, 0.2) is 0 Å². The number of nitrogens with zero attached hydrogens (tertiary/aromatic N) is 2. The Morgan fingerprint density at radius 3 is 2.28 bits per heavy atom. The highest BCUT2D eigenvalue weighted by atomic mass is 16.2. The summed E-state index contributed by atoms with van der Waals surface area (Å²) in [4.78, 5) is 33.4. The molecular formula is C27H23N3O2. The van der Waals surface area contributed by atoms with E-state index in [0.717, 1.165) is 11.2 Å². The number of carbonyl (C=O) groups excluding carboxylic acids is 2. The summed E-state index contributed by atoms with van der Waals surface area (Å²) < 4.78 is 0. The van der Waals surface area contributed by atoms with Crippen molar-refractivity contribution in [2.75, 3.05) is 11.4 Å². The summed E-state index contributed by atoms with van der Waals surface area (Å²) in [5.74, 6) is -0.137. The quantitative estimate of drug-likeness (QED) is 0.498. The van der Waals surface area contributed by atoms with Crippen molar-refractivity contribution >= 4 is 28.4 Å². The Labute approximate surface area is 186 Å². The molecular weight excluding hydrogens is 398 g/mol. The first-order chi connectivity index (χ1) is 15.7. The molecule has 3 heterocycles. The molecule has 0 saturated carbocycles. The summed E-state index contributed by atoms with van der Waals surface area (Å²) in [7, 11) is 0. The Morgan fingerprint density at radius 1 is 0.812 bits per heavy atom. The summed E-state index contributed by atoms with van der Waals surface area (Å²) in [6.07, 6.45) is 0.213. The second-order valence-electron chi connectivity index (χ2n) is 8.58. The molecule has 4 aromatic rings. The smallest absolute Gasteiger partial charge is 0.251 e. The monoisotopic (exact) mass is 421 g/mol. The number of hydrogen-bond acceptors (Lipinski definition) is 3. The Balaban J connectivity index is 1.40. The van der Waals surface area contributed by atoms with Crippen molar-refractivity contribution in [1.82, 2.24) is 9.88 Å². The van der Waals surface area contributed by atoms with Gasteiger partial charge >= 0.3 is 0 Å². The fraction of sp³-hybridized carbons (Fsp3) is 0.185. The molecule has 1 aromatic heterocycles. The predicted octanol–water partition coefficient (Wildman–Crippen LogP) is 4.45. The van der Waals surface area contributed by atoms with E-state index in [2.05, 4.69) is 52.3 Å². The SMILES string of the molecule is O=C1C[C@H](N2Cc3[nH]c4ccccc4c3[C@H](c3ccccc3)C2)C(=O)N1c1ccccc1. The van der Waals surface area contributed by atoms with Crippen LogP contribution in [0.3, 0.4) is 0 Å². The van der Waals surface area contributed by atoms with Crippen molar-refractivity contribution in [1.29, 1.82) is 0 Å². The van der Waals surface area contributed by atoms with Crippen molar-refractivity contribution in [2.45, 2.75) is 24.9 Å². The molecule has 0 unspecified atom stereocenters. The third-order valence-corrected chi connectivity index (χ3v) is 6.73. The number of H-pyrrole nitrogens is 1. The van der Waals surface area contributed by atoms with Gasteiger partial charge in [-0.2, -0.15) is 0 Å². The average Bonchev–Trinajstić information content (AvgIpc) is 3.36. The second kappa shape index (κ2) is 7.46. The zero-order chi connectivity index (χ0) is 21.7. The summed E-state index contributed by atoms with van der Waals surface area (Å²) >= 11 is 0. The lowest BCUT2D eigenvalue weighted by atomic mass is 9.85. The lowest BCUT2D eigenvalue weighted by Gasteiger charge is -2.36. The number of hydrogen-bond donors (Lipinski definition) is 1. The number of nitrogens with one attached hydrogen (secondary N) is 1. The van der Waals surface area contributed by atoms with E-state index in [9.17, 15) is 9.59 Å². The lowest BCUT2D eigenvalue weighted by Crippen LogP contribution is -2.45. The highest BCUT2D eigenvalue weighted by Crippen LogP contribution is 2.40. The van der Waals surface area contributed by atoms with Crippen LogP contribution in [0.1, 0.15) is 29.2 Å². The summed E-state index contributed by atoms with van der Waals surface area (Å²) in [6.45, 7) is 1.32. The molecule has 2 amide bonds. The molecule has 6 rings (SSSR count). The Bertz CT molecular complexity index is 1310. The molecule has 1 fully saturated rings. The number of para-hydroxylation sites is 2. The molecule has 0 aliphatic carbocycles. The van der Waals surface area contributed by atoms with Gasteiger partial charge in [0.1, 0.15) is 0 Å². The highest BCUT2D eigenvalue weighted by Gasteiger charge is 2.45. The van der Waals surface area contributed by atoms with Crippen LogP contribution in [0.5, 0.6) is 0 Å². The van der Waals surface area contributed by atoms with E-state index in [1.54, 1.807) is 0 Å². The van der Waals surface area contributed by atoms with Gasteiger partial charge in [0.25, 0.3) is 5.91 Å². The normalized spacial score (nSPS) is 21.3. The number of anilines is 1. The van der Waals surface area contributed by atoms with Crippen LogP contribution in [-0.2, 0) is 16.1 Å². The van der Waals surface area contributed by atoms with E-state index in [0.29, 0.717) is 18.8 Å². The van der Waals surface area contributed by atoms with E-state index in [4.69, 9.17) is 0 Å². The Morgan fingerprint density at radius 2 is 1.50 bits per heavy atom. The maximum atomic E-state index is 13.4. The first-order valence-corrected chi connectivity index (χ1v) is 11.0. The predicted molar refractivity (Wildman–Crippen MR) is 124 cm³/mol. The molecule has 0 bridgehead atoms. The maximum absolute atomic E-state index is 13.4. The summed E-state index contributed by atoms with van der Waals surface area (Å²) in [6, 6.07) is 27.6. The zero-order valence-corrected chi connectivity index (χ0v) is 17.6. The topological polar surface area (TPSA) is 56.4 Å². The van der Waals surface area contributed by atoms with Crippen molar-refractivity contribution in [3.05, 3.63) is 102 Å². The van der Waals surface area contributed by atoms with Gasteiger partial charge in [0.05, 0.1) is 18.2 Å². The van der Waals surface area contributed by atoms with Gasteiger partial charge in [-0.25, -0.2) is 4.90 Å². The molecule has 2 aliphatic rings. The van der Waals surface area contributed by atoms with E-state index in [-0.39, 0.29) is 24.2 Å². The largest absolute Gasteiger partial charge is 0.357 e. The molecule has 0 spiro atoms. The fourth-order valence-corrected chi connectivity index (χ4v) is 5.28. The van der Waals surface area contributed by atoms with Crippen LogP contribution >= 0.6 is 0 Å². The van der Waals surface area contributed by atoms with Crippen molar-refractivity contribution < 1.29 is 9.59 Å². The molecule has 5 heteroatoms. The van der Waals surface area contributed by atoms with Crippen LogP contribution < -0.4 is 4.90 Å². The van der Waals surface area contributed by atoms with E-state index >= 15 is 0 Å². The van der Waals surface area contributed by atoms with E-state index in [1.165, 1.54) is 21.4 Å². The Kier molecular flexibility index (Phi) is 4.44. The van der Waals surface area contributed by atoms with Crippen LogP contribution in [0.25, 0.3) is 10.9 Å². The number of amides is 2. The molecule has 1 saturated heterocycles. The molecule has 5 nitrogen and oxygen atoms in total. The number of aromatic amines is 1. The summed E-state index contributed by atoms with van der Waals surface area (Å²) in [5.41, 5.74) is 5.41. The van der Waals surface area contributed by atoms with Crippen LogP contribution in [0.4, 0.5) is 5.69 Å². The number of rotatable bonds is 3. The molecule has 0 radical (unpaired) electrons. The average molecular weight is 422 g/mol. The number of imide groups is 1. The van der Waals surface area contributed by atoms with Crippen molar-refractivity contribution in [2.24, 2.45) is 0 Å². The van der Waals surface area contributed by atoms with Crippen LogP contribution in [-0.4, -0.2) is 34.3 Å². The Hall–Kier alpha value is -3.70. The van der Waals surface area contributed by atoms with E-state index in [1.807, 2.05) is 42.5 Å². The van der Waals surface area contributed by atoms with Crippen LogP contribution in [0.15, 0.2) is 84.9 Å². The van der Waals surface area contributed by atoms with Crippen molar-refractivity contribution in [3.63, 3.8) is 0 Å². The van der Waals surface area contributed by atoms with Gasteiger partial charge in [0.2, 0.25) is 5.91 Å². The third kappa shape index (κ3) is 2.97. The standard InChI is InChI=1S/C27H23N3O2/c31-25-15-24(27(32)30(25)19-11-5-2-6-12-19)29-16-21(18-9-3-1-4-10-18)26-20-13-7-8-14-22(20)28-23(26)17-29/h1-14,21,24,28H,15-17H2/t21-,24-/m0/s1. The van der Waals surface area contributed by atoms with Crippen molar-refractivity contribution in [3.8, 4) is 0 Å². The minimum atomic E-state index is -0.450. The molecule has 158 valence electrons. The number of aromatic nitrogens is 1. The van der Waals surface area contributed by atoms with Gasteiger partial charge in [-0.05, 0) is 29.3 Å². The molecule has 2 atom stereocenters.